The Morgan fingerprint density at radius 3 is 3.09 bits per heavy atom. The molecule has 0 saturated carbocycles. The fourth-order valence-electron chi connectivity index (χ4n) is 3.11. The molecule has 1 heterocycles. The molecule has 1 atom stereocenters. The number of hydrogen-bond acceptors (Lipinski definition) is 3. The van der Waals surface area contributed by atoms with Crippen molar-refractivity contribution < 1.29 is 4.79 Å². The Kier molecular flexibility index (Phi) is 4.88. The van der Waals surface area contributed by atoms with Crippen LogP contribution < -0.4 is 5.32 Å². The van der Waals surface area contributed by atoms with Gasteiger partial charge in [0.25, 0.3) is 0 Å². The molecule has 0 unspecified atom stereocenters. The van der Waals surface area contributed by atoms with Gasteiger partial charge in [0, 0.05) is 24.8 Å². The Labute approximate surface area is 135 Å². The summed E-state index contributed by atoms with van der Waals surface area (Å²) in [5.41, 5.74) is 3.87. The molecule has 2 aromatic rings. The van der Waals surface area contributed by atoms with E-state index in [1.54, 1.807) is 11.3 Å². The molecule has 3 rings (SSSR count). The summed E-state index contributed by atoms with van der Waals surface area (Å²) in [7, 11) is 0. The topological polar surface area (TPSA) is 42.0 Å². The first-order valence-electron chi connectivity index (χ1n) is 8.04. The number of nitrogens with one attached hydrogen (secondary N) is 1. The summed E-state index contributed by atoms with van der Waals surface area (Å²) >= 11 is 1.70. The van der Waals surface area contributed by atoms with Crippen LogP contribution in [0.15, 0.2) is 29.6 Å². The highest BCUT2D eigenvalue weighted by Gasteiger charge is 2.23. The number of hydrogen-bond donors (Lipinski definition) is 1. The third kappa shape index (κ3) is 3.55. The van der Waals surface area contributed by atoms with E-state index in [0.29, 0.717) is 18.9 Å². The molecule has 0 aliphatic heterocycles. The Bertz CT molecular complexity index is 650. The van der Waals surface area contributed by atoms with E-state index in [4.69, 9.17) is 0 Å². The smallest absolute Gasteiger partial charge is 0.220 e. The highest BCUT2D eigenvalue weighted by molar-refractivity contribution is 7.09. The van der Waals surface area contributed by atoms with Gasteiger partial charge in [-0.2, -0.15) is 0 Å². The number of aromatic nitrogens is 1. The molecule has 0 radical (unpaired) electrons. The predicted molar refractivity (Wildman–Crippen MR) is 90.3 cm³/mol. The molecule has 1 N–H and O–H groups in total. The van der Waals surface area contributed by atoms with Gasteiger partial charge in [0.2, 0.25) is 5.91 Å². The first-order chi connectivity index (χ1) is 10.8. The number of benzene rings is 1. The molecule has 1 aromatic heterocycles. The summed E-state index contributed by atoms with van der Waals surface area (Å²) in [5.74, 6) is 0.551. The Morgan fingerprint density at radius 1 is 1.41 bits per heavy atom. The molecule has 1 aromatic carbocycles. The molecule has 22 heavy (non-hydrogen) atoms. The van der Waals surface area contributed by atoms with E-state index in [9.17, 15) is 4.79 Å². The predicted octanol–water partition coefficient (Wildman–Crippen LogP) is 3.48. The summed E-state index contributed by atoms with van der Waals surface area (Å²) in [6, 6.07) is 8.50. The molecule has 1 amide bonds. The molecule has 0 fully saturated rings. The van der Waals surface area contributed by atoms with Crippen molar-refractivity contribution in [2.24, 2.45) is 0 Å². The van der Waals surface area contributed by atoms with Crippen LogP contribution in [0.1, 0.15) is 47.5 Å². The summed E-state index contributed by atoms with van der Waals surface area (Å²) < 4.78 is 0. The normalized spacial score (nSPS) is 16.5. The Morgan fingerprint density at radius 2 is 2.27 bits per heavy atom. The maximum Gasteiger partial charge on any atom is 0.220 e. The van der Waals surface area contributed by atoms with Crippen molar-refractivity contribution in [2.75, 3.05) is 6.54 Å². The van der Waals surface area contributed by atoms with Crippen molar-refractivity contribution in [3.8, 4) is 0 Å². The molecule has 0 bridgehead atoms. The van der Waals surface area contributed by atoms with Gasteiger partial charge in [0.05, 0.1) is 10.7 Å². The highest BCUT2D eigenvalue weighted by Crippen LogP contribution is 2.34. The lowest BCUT2D eigenvalue weighted by Crippen LogP contribution is -2.26. The van der Waals surface area contributed by atoms with E-state index in [0.717, 1.165) is 31.4 Å². The maximum absolute atomic E-state index is 12.1. The third-order valence-electron chi connectivity index (χ3n) is 4.29. The molecular weight excluding hydrogens is 292 g/mol. The molecule has 4 heteroatoms. The average molecular weight is 314 g/mol. The zero-order valence-corrected chi connectivity index (χ0v) is 13.8. The van der Waals surface area contributed by atoms with E-state index in [2.05, 4.69) is 46.9 Å². The van der Waals surface area contributed by atoms with Crippen LogP contribution in [-0.2, 0) is 24.1 Å². The van der Waals surface area contributed by atoms with E-state index >= 15 is 0 Å². The first-order valence-corrected chi connectivity index (χ1v) is 8.92. The van der Waals surface area contributed by atoms with E-state index in [-0.39, 0.29) is 5.91 Å². The van der Waals surface area contributed by atoms with Crippen molar-refractivity contribution >= 4 is 17.2 Å². The fraction of sp³-hybridized carbons (Fsp3) is 0.444. The van der Waals surface area contributed by atoms with Crippen molar-refractivity contribution in [1.82, 2.24) is 10.3 Å². The van der Waals surface area contributed by atoms with Gasteiger partial charge in [-0.25, -0.2) is 4.98 Å². The number of fused-ring (bicyclic) bond motifs is 1. The van der Waals surface area contributed by atoms with Gasteiger partial charge in [0.1, 0.15) is 0 Å². The van der Waals surface area contributed by atoms with Crippen LogP contribution in [0, 0.1) is 0 Å². The van der Waals surface area contributed by atoms with Crippen LogP contribution in [0.25, 0.3) is 0 Å². The summed E-state index contributed by atoms with van der Waals surface area (Å²) in [4.78, 5) is 16.7. The number of thiazole rings is 1. The second-order valence-corrected chi connectivity index (χ2v) is 6.77. The van der Waals surface area contributed by atoms with Crippen LogP contribution in [-0.4, -0.2) is 17.4 Å². The van der Waals surface area contributed by atoms with Gasteiger partial charge >= 0.3 is 0 Å². The largest absolute Gasteiger partial charge is 0.356 e. The molecule has 0 saturated heterocycles. The fourth-order valence-corrected chi connectivity index (χ4v) is 3.89. The van der Waals surface area contributed by atoms with Crippen LogP contribution in [0.2, 0.25) is 0 Å². The van der Waals surface area contributed by atoms with Crippen LogP contribution in [0.5, 0.6) is 0 Å². The summed E-state index contributed by atoms with van der Waals surface area (Å²) in [6.45, 7) is 2.80. The first kappa shape index (κ1) is 15.2. The number of carbonyl (C=O) groups excluding carboxylic acids is 1. The number of carbonyl (C=O) groups is 1. The monoisotopic (exact) mass is 314 g/mol. The molecule has 1 aliphatic carbocycles. The minimum atomic E-state index is 0.160. The second kappa shape index (κ2) is 7.05. The SMILES string of the molecule is CCc1nc(CCNC(=O)C[C@@H]2CCc3ccccc32)cs1. The van der Waals surface area contributed by atoms with Gasteiger partial charge in [-0.3, -0.25) is 4.79 Å². The van der Waals surface area contributed by atoms with Crippen molar-refractivity contribution in [3.63, 3.8) is 0 Å². The molecule has 116 valence electrons. The summed E-state index contributed by atoms with van der Waals surface area (Å²) in [6.07, 6.45) is 4.61. The van der Waals surface area contributed by atoms with Gasteiger partial charge < -0.3 is 5.32 Å². The van der Waals surface area contributed by atoms with Crippen LogP contribution in [0.3, 0.4) is 0 Å². The molecule has 0 spiro atoms. The number of rotatable bonds is 6. The van der Waals surface area contributed by atoms with Gasteiger partial charge in [-0.15, -0.1) is 11.3 Å². The molecule has 1 aliphatic rings. The zero-order chi connectivity index (χ0) is 15.4. The summed E-state index contributed by atoms with van der Waals surface area (Å²) in [5, 5.41) is 6.31. The lowest BCUT2D eigenvalue weighted by Gasteiger charge is -2.11. The Hall–Kier alpha value is -1.68. The Balaban J connectivity index is 1.45. The van der Waals surface area contributed by atoms with E-state index in [1.165, 1.54) is 16.1 Å². The van der Waals surface area contributed by atoms with Crippen LogP contribution in [0.4, 0.5) is 0 Å². The van der Waals surface area contributed by atoms with Gasteiger partial charge in [-0.05, 0) is 36.3 Å². The standard InChI is InChI=1S/C18H22N2OS/c1-2-18-20-15(12-22-18)9-10-19-17(21)11-14-8-7-13-5-3-4-6-16(13)14/h3-6,12,14H,2,7-11H2,1H3,(H,19,21)/t14-/m0/s1. The van der Waals surface area contributed by atoms with Gasteiger partial charge in [-0.1, -0.05) is 31.2 Å². The van der Waals surface area contributed by atoms with E-state index < -0.39 is 0 Å². The van der Waals surface area contributed by atoms with Crippen molar-refractivity contribution in [3.05, 3.63) is 51.5 Å². The minimum absolute atomic E-state index is 0.160. The third-order valence-corrected chi connectivity index (χ3v) is 5.34. The quantitative estimate of drug-likeness (QED) is 0.887. The highest BCUT2D eigenvalue weighted by atomic mass is 32.1. The van der Waals surface area contributed by atoms with Crippen LogP contribution >= 0.6 is 11.3 Å². The number of nitrogens with zero attached hydrogens (tertiary/aromatic N) is 1. The number of aryl methyl sites for hydroxylation is 2. The zero-order valence-electron chi connectivity index (χ0n) is 13.0. The minimum Gasteiger partial charge on any atom is -0.356 e. The number of amides is 1. The second-order valence-electron chi connectivity index (χ2n) is 5.82. The lowest BCUT2D eigenvalue weighted by atomic mass is 9.97. The maximum atomic E-state index is 12.1. The average Bonchev–Trinajstić information content (AvgIpc) is 3.15. The van der Waals surface area contributed by atoms with Crippen molar-refractivity contribution in [1.29, 1.82) is 0 Å². The van der Waals surface area contributed by atoms with Crippen molar-refractivity contribution in [2.45, 2.75) is 44.9 Å². The van der Waals surface area contributed by atoms with E-state index in [1.807, 2.05) is 0 Å². The lowest BCUT2D eigenvalue weighted by molar-refractivity contribution is -0.121. The molecular formula is C18H22N2OS. The molecule has 3 nitrogen and oxygen atoms in total. The van der Waals surface area contributed by atoms with Gasteiger partial charge in [0.15, 0.2) is 0 Å².